The SMILES string of the molecule is CC(=[SiH2])/C=C\c1cc2cc(C)ccc2cc1C. The molecule has 0 amide bonds. The number of hydrogen-bond acceptors (Lipinski definition) is 0. The molecule has 1 heteroatoms. The molecule has 0 aromatic heterocycles. The van der Waals surface area contributed by atoms with Gasteiger partial charge in [-0.05, 0) is 58.6 Å². The van der Waals surface area contributed by atoms with Gasteiger partial charge in [0.1, 0.15) is 0 Å². The molecule has 0 heterocycles. The van der Waals surface area contributed by atoms with E-state index in [2.05, 4.69) is 63.3 Å². The van der Waals surface area contributed by atoms with Gasteiger partial charge < -0.3 is 0 Å². The first-order chi connectivity index (χ1) is 8.06. The first kappa shape index (κ1) is 12.0. The number of fused-ring (bicyclic) bond motifs is 1. The Bertz CT molecular complexity index is 606. The zero-order valence-electron chi connectivity index (χ0n) is 10.7. The van der Waals surface area contributed by atoms with Gasteiger partial charge in [-0.3, -0.25) is 0 Å². The quantitative estimate of drug-likeness (QED) is 0.704. The predicted molar refractivity (Wildman–Crippen MR) is 81.7 cm³/mol. The molecule has 0 radical (unpaired) electrons. The highest BCUT2D eigenvalue weighted by atomic mass is 28.1. The monoisotopic (exact) mass is 238 g/mol. The molecular formula is C16H18Si. The van der Waals surface area contributed by atoms with Gasteiger partial charge in [0, 0.05) is 0 Å². The predicted octanol–water partition coefficient (Wildman–Crippen LogP) is 3.30. The van der Waals surface area contributed by atoms with Crippen LogP contribution in [0.1, 0.15) is 23.6 Å². The van der Waals surface area contributed by atoms with Crippen molar-refractivity contribution < 1.29 is 0 Å². The van der Waals surface area contributed by atoms with E-state index in [4.69, 9.17) is 0 Å². The number of rotatable bonds is 2. The Kier molecular flexibility index (Phi) is 3.39. The second kappa shape index (κ2) is 4.80. The number of aryl methyl sites for hydroxylation is 2. The fourth-order valence-electron chi connectivity index (χ4n) is 1.96. The Hall–Kier alpha value is -1.47. The van der Waals surface area contributed by atoms with Crippen molar-refractivity contribution >= 4 is 31.9 Å². The summed E-state index contributed by atoms with van der Waals surface area (Å²) in [6.45, 7) is 6.45. The number of benzene rings is 2. The van der Waals surface area contributed by atoms with E-state index in [1.807, 2.05) is 9.85 Å². The molecule has 0 bridgehead atoms. The second-order valence-electron chi connectivity index (χ2n) is 4.74. The molecule has 86 valence electrons. The lowest BCUT2D eigenvalue weighted by Crippen LogP contribution is -1.86. The van der Waals surface area contributed by atoms with Crippen LogP contribution in [0.3, 0.4) is 0 Å². The lowest BCUT2D eigenvalue weighted by atomic mass is 10.00. The zero-order valence-corrected chi connectivity index (χ0v) is 12.2. The minimum Gasteiger partial charge on any atom is -0.0778 e. The van der Waals surface area contributed by atoms with E-state index in [-0.39, 0.29) is 0 Å². The van der Waals surface area contributed by atoms with Gasteiger partial charge in [-0.15, -0.1) is 0 Å². The average molecular weight is 238 g/mol. The Balaban J connectivity index is 2.57. The Labute approximate surface area is 106 Å². The van der Waals surface area contributed by atoms with Crippen LogP contribution in [0.4, 0.5) is 0 Å². The minimum absolute atomic E-state index is 1.31. The fourth-order valence-corrected chi connectivity index (χ4v) is 2.08. The van der Waals surface area contributed by atoms with Crippen LogP contribution in [0.15, 0.2) is 36.4 Å². The molecule has 0 fully saturated rings. The Morgan fingerprint density at radius 3 is 2.53 bits per heavy atom. The zero-order chi connectivity index (χ0) is 12.4. The average Bonchev–Trinajstić information content (AvgIpc) is 2.26. The molecule has 0 unspecified atom stereocenters. The molecule has 17 heavy (non-hydrogen) atoms. The van der Waals surface area contributed by atoms with Crippen LogP contribution >= 0.6 is 0 Å². The summed E-state index contributed by atoms with van der Waals surface area (Å²) in [5.41, 5.74) is 3.97. The van der Waals surface area contributed by atoms with Gasteiger partial charge in [-0.2, -0.15) is 0 Å². The van der Waals surface area contributed by atoms with Gasteiger partial charge in [0.25, 0.3) is 0 Å². The van der Waals surface area contributed by atoms with Crippen molar-refractivity contribution in [2.75, 3.05) is 0 Å². The molecule has 0 saturated heterocycles. The van der Waals surface area contributed by atoms with Gasteiger partial charge in [-0.1, -0.05) is 47.1 Å². The summed E-state index contributed by atoms with van der Waals surface area (Å²) in [7, 11) is 1.93. The van der Waals surface area contributed by atoms with Crippen LogP contribution < -0.4 is 0 Å². The summed E-state index contributed by atoms with van der Waals surface area (Å²) in [4.78, 5) is 0. The molecule has 2 rings (SSSR count). The molecule has 0 spiro atoms. The maximum Gasteiger partial charge on any atom is -0.0175 e. The van der Waals surface area contributed by atoms with Crippen LogP contribution in [-0.4, -0.2) is 15.0 Å². The van der Waals surface area contributed by atoms with Crippen molar-refractivity contribution in [1.82, 2.24) is 0 Å². The molecule has 0 nitrogen and oxygen atoms in total. The highest BCUT2D eigenvalue weighted by Crippen LogP contribution is 2.22. The molecule has 0 saturated carbocycles. The summed E-state index contributed by atoms with van der Waals surface area (Å²) in [6.07, 6.45) is 4.39. The van der Waals surface area contributed by atoms with Crippen LogP contribution in [0.5, 0.6) is 0 Å². The molecule has 0 atom stereocenters. The van der Waals surface area contributed by atoms with E-state index in [0.29, 0.717) is 0 Å². The van der Waals surface area contributed by atoms with Crippen molar-refractivity contribution in [3.05, 3.63) is 53.1 Å². The smallest absolute Gasteiger partial charge is 0.0175 e. The van der Waals surface area contributed by atoms with Crippen LogP contribution in [0.2, 0.25) is 0 Å². The molecule has 0 aliphatic rings. The summed E-state index contributed by atoms with van der Waals surface area (Å²) >= 11 is 0. The maximum absolute atomic E-state index is 2.28. The van der Waals surface area contributed by atoms with Crippen molar-refractivity contribution in [2.45, 2.75) is 20.8 Å². The topological polar surface area (TPSA) is 0 Å². The van der Waals surface area contributed by atoms with E-state index >= 15 is 0 Å². The first-order valence-electron chi connectivity index (χ1n) is 5.91. The second-order valence-corrected chi connectivity index (χ2v) is 5.85. The fraction of sp³-hybridized carbons (Fsp3) is 0.188. The van der Waals surface area contributed by atoms with E-state index in [1.165, 1.54) is 32.6 Å². The van der Waals surface area contributed by atoms with Crippen LogP contribution in [0, 0.1) is 13.8 Å². The maximum atomic E-state index is 2.28. The largest absolute Gasteiger partial charge is 0.0778 e. The Morgan fingerprint density at radius 2 is 1.82 bits per heavy atom. The van der Waals surface area contributed by atoms with Crippen molar-refractivity contribution in [3.8, 4) is 0 Å². The summed E-state index contributed by atoms with van der Waals surface area (Å²) in [5, 5.41) is 4.00. The summed E-state index contributed by atoms with van der Waals surface area (Å²) in [5.74, 6) is 0. The molecule has 2 aromatic rings. The van der Waals surface area contributed by atoms with Crippen LogP contribution in [-0.2, 0) is 0 Å². The number of hydrogen-bond donors (Lipinski definition) is 0. The highest BCUT2D eigenvalue weighted by Gasteiger charge is 1.99. The first-order valence-corrected chi connectivity index (χ1v) is 6.61. The van der Waals surface area contributed by atoms with E-state index in [0.717, 1.165) is 0 Å². The molecule has 2 aromatic carbocycles. The normalized spacial score (nSPS) is 11.2. The third-order valence-corrected chi connectivity index (χ3v) is 3.16. The minimum atomic E-state index is 1.31. The van der Waals surface area contributed by atoms with Crippen molar-refractivity contribution in [1.29, 1.82) is 0 Å². The van der Waals surface area contributed by atoms with Gasteiger partial charge in [0.05, 0.1) is 0 Å². The molecule has 0 N–H and O–H groups in total. The Morgan fingerprint density at radius 1 is 1.06 bits per heavy atom. The van der Waals surface area contributed by atoms with E-state index in [1.54, 1.807) is 0 Å². The lowest BCUT2D eigenvalue weighted by Gasteiger charge is -2.05. The number of allylic oxidation sites excluding steroid dienone is 1. The van der Waals surface area contributed by atoms with Gasteiger partial charge in [-0.25, -0.2) is 0 Å². The lowest BCUT2D eigenvalue weighted by molar-refractivity contribution is 1.45. The molecular weight excluding hydrogens is 220 g/mol. The third-order valence-electron chi connectivity index (χ3n) is 2.93. The summed E-state index contributed by atoms with van der Waals surface area (Å²) in [6, 6.07) is 11.2. The van der Waals surface area contributed by atoms with Gasteiger partial charge in [0.15, 0.2) is 0 Å². The third kappa shape index (κ3) is 2.80. The van der Waals surface area contributed by atoms with Gasteiger partial charge >= 0.3 is 0 Å². The molecule has 0 aliphatic heterocycles. The molecule has 0 aliphatic carbocycles. The van der Waals surface area contributed by atoms with Crippen LogP contribution in [0.25, 0.3) is 16.8 Å². The van der Waals surface area contributed by atoms with E-state index in [9.17, 15) is 0 Å². The van der Waals surface area contributed by atoms with Crippen molar-refractivity contribution in [2.24, 2.45) is 0 Å². The van der Waals surface area contributed by atoms with Crippen molar-refractivity contribution in [3.63, 3.8) is 0 Å². The highest BCUT2D eigenvalue weighted by molar-refractivity contribution is 6.41. The standard InChI is InChI=1S/C16H18Si/c1-11-4-6-15-9-12(2)14(7-5-13(3)17)10-16(15)8-11/h4-10H,17H2,1-3H3/b7-5-. The summed E-state index contributed by atoms with van der Waals surface area (Å²) < 4.78 is 0. The van der Waals surface area contributed by atoms with E-state index < -0.39 is 0 Å². The van der Waals surface area contributed by atoms with Gasteiger partial charge in [0.2, 0.25) is 0 Å².